The Balaban J connectivity index is 1.73. The van der Waals surface area contributed by atoms with Crippen LogP contribution in [0.3, 0.4) is 0 Å². The monoisotopic (exact) mass is 330 g/mol. The van der Waals surface area contributed by atoms with Gasteiger partial charge in [0, 0.05) is 37.2 Å². The van der Waals surface area contributed by atoms with Crippen LogP contribution in [0.25, 0.3) is 0 Å². The fourth-order valence-corrected chi connectivity index (χ4v) is 2.84. The molecule has 128 valence electrons. The van der Waals surface area contributed by atoms with Crippen molar-refractivity contribution >= 4 is 5.91 Å². The lowest BCUT2D eigenvalue weighted by Gasteiger charge is -2.31. The molecule has 7 heteroatoms. The number of aromatic nitrogens is 3. The van der Waals surface area contributed by atoms with E-state index in [0.717, 1.165) is 12.8 Å². The highest BCUT2D eigenvalue weighted by Gasteiger charge is 2.29. The Bertz CT molecular complexity index is 713. The SMILES string of the molecule is COc1ccnc(C(=O)N2CCCC(c3noc(C(C)C)n3)C2)c1. The maximum atomic E-state index is 12.7. The van der Waals surface area contributed by atoms with Gasteiger partial charge in [-0.1, -0.05) is 19.0 Å². The molecule has 1 saturated heterocycles. The minimum Gasteiger partial charge on any atom is -0.497 e. The first-order valence-corrected chi connectivity index (χ1v) is 8.21. The molecule has 1 fully saturated rings. The summed E-state index contributed by atoms with van der Waals surface area (Å²) in [6.07, 6.45) is 3.44. The number of hydrogen-bond acceptors (Lipinski definition) is 6. The van der Waals surface area contributed by atoms with Crippen molar-refractivity contribution in [3.63, 3.8) is 0 Å². The van der Waals surface area contributed by atoms with Gasteiger partial charge >= 0.3 is 0 Å². The number of methoxy groups -OCH3 is 1. The molecule has 0 spiro atoms. The molecule has 0 saturated carbocycles. The van der Waals surface area contributed by atoms with Crippen molar-refractivity contribution in [2.24, 2.45) is 0 Å². The molecule has 3 rings (SSSR count). The van der Waals surface area contributed by atoms with E-state index in [1.54, 1.807) is 30.3 Å². The van der Waals surface area contributed by atoms with Crippen molar-refractivity contribution in [2.45, 2.75) is 38.5 Å². The van der Waals surface area contributed by atoms with Gasteiger partial charge in [-0.05, 0) is 18.9 Å². The first-order chi connectivity index (χ1) is 11.6. The van der Waals surface area contributed by atoms with Crippen molar-refractivity contribution in [3.8, 4) is 5.75 Å². The van der Waals surface area contributed by atoms with Crippen LogP contribution < -0.4 is 4.74 Å². The summed E-state index contributed by atoms with van der Waals surface area (Å²) in [5.41, 5.74) is 0.394. The van der Waals surface area contributed by atoms with Crippen LogP contribution in [0.5, 0.6) is 5.75 Å². The van der Waals surface area contributed by atoms with Crippen molar-refractivity contribution < 1.29 is 14.1 Å². The van der Waals surface area contributed by atoms with Gasteiger partial charge in [-0.15, -0.1) is 0 Å². The van der Waals surface area contributed by atoms with Crippen LogP contribution in [-0.2, 0) is 0 Å². The molecule has 1 aliphatic heterocycles. The molecule has 2 aromatic heterocycles. The summed E-state index contributed by atoms with van der Waals surface area (Å²) >= 11 is 0. The van der Waals surface area contributed by atoms with Crippen molar-refractivity contribution in [1.82, 2.24) is 20.0 Å². The Hall–Kier alpha value is -2.44. The van der Waals surface area contributed by atoms with E-state index in [0.29, 0.717) is 36.2 Å². The largest absolute Gasteiger partial charge is 0.497 e. The highest BCUT2D eigenvalue weighted by Crippen LogP contribution is 2.27. The normalized spacial score (nSPS) is 18.0. The van der Waals surface area contributed by atoms with Crippen molar-refractivity contribution in [1.29, 1.82) is 0 Å². The van der Waals surface area contributed by atoms with Gasteiger partial charge in [0.1, 0.15) is 11.4 Å². The van der Waals surface area contributed by atoms with Crippen LogP contribution in [0.15, 0.2) is 22.9 Å². The van der Waals surface area contributed by atoms with Crippen LogP contribution in [0.1, 0.15) is 60.7 Å². The molecule has 1 amide bonds. The van der Waals surface area contributed by atoms with Gasteiger partial charge in [0.25, 0.3) is 5.91 Å². The van der Waals surface area contributed by atoms with Gasteiger partial charge in [0.15, 0.2) is 5.82 Å². The Labute approximate surface area is 141 Å². The Kier molecular flexibility index (Phi) is 4.78. The van der Waals surface area contributed by atoms with Gasteiger partial charge in [0.05, 0.1) is 7.11 Å². The minimum atomic E-state index is -0.0915. The van der Waals surface area contributed by atoms with Gasteiger partial charge in [-0.2, -0.15) is 4.98 Å². The fourth-order valence-electron chi connectivity index (χ4n) is 2.84. The molecule has 1 aliphatic rings. The summed E-state index contributed by atoms with van der Waals surface area (Å²) in [4.78, 5) is 23.2. The average molecular weight is 330 g/mol. The number of carbonyl (C=O) groups excluding carboxylic acids is 1. The predicted octanol–water partition coefficient (Wildman–Crippen LogP) is 2.62. The number of likely N-dealkylation sites (tertiary alicyclic amines) is 1. The summed E-state index contributed by atoms with van der Waals surface area (Å²) in [7, 11) is 1.57. The lowest BCUT2D eigenvalue weighted by atomic mass is 9.97. The molecule has 0 radical (unpaired) electrons. The third kappa shape index (κ3) is 3.39. The number of rotatable bonds is 4. The van der Waals surface area contributed by atoms with E-state index in [4.69, 9.17) is 9.26 Å². The first kappa shape index (κ1) is 16.4. The van der Waals surface area contributed by atoms with Gasteiger partial charge < -0.3 is 14.2 Å². The molecule has 3 heterocycles. The lowest BCUT2D eigenvalue weighted by Crippen LogP contribution is -2.39. The number of nitrogens with zero attached hydrogens (tertiary/aromatic N) is 4. The smallest absolute Gasteiger partial charge is 0.272 e. The first-order valence-electron chi connectivity index (χ1n) is 8.21. The summed E-state index contributed by atoms with van der Waals surface area (Å²) in [6, 6.07) is 3.39. The topological polar surface area (TPSA) is 81.4 Å². The second kappa shape index (κ2) is 6.98. The molecular formula is C17H22N4O3. The molecule has 0 bridgehead atoms. The fraction of sp³-hybridized carbons (Fsp3) is 0.529. The van der Waals surface area contributed by atoms with Crippen molar-refractivity contribution in [3.05, 3.63) is 35.7 Å². The molecular weight excluding hydrogens is 308 g/mol. The van der Waals surface area contributed by atoms with E-state index in [1.807, 2.05) is 13.8 Å². The van der Waals surface area contributed by atoms with Crippen LogP contribution >= 0.6 is 0 Å². The molecule has 0 N–H and O–H groups in total. The molecule has 0 aliphatic carbocycles. The second-order valence-corrected chi connectivity index (χ2v) is 6.32. The van der Waals surface area contributed by atoms with Crippen molar-refractivity contribution in [2.75, 3.05) is 20.2 Å². The van der Waals surface area contributed by atoms with Crippen LogP contribution in [0, 0.1) is 0 Å². The molecule has 1 unspecified atom stereocenters. The maximum Gasteiger partial charge on any atom is 0.272 e. The molecule has 1 atom stereocenters. The zero-order chi connectivity index (χ0) is 17.1. The minimum absolute atomic E-state index is 0.0915. The third-order valence-corrected chi connectivity index (χ3v) is 4.21. The highest BCUT2D eigenvalue weighted by atomic mass is 16.5. The Morgan fingerprint density at radius 2 is 2.29 bits per heavy atom. The molecule has 2 aromatic rings. The van der Waals surface area contributed by atoms with E-state index in [-0.39, 0.29) is 17.7 Å². The van der Waals surface area contributed by atoms with Gasteiger partial charge in [-0.25, -0.2) is 0 Å². The van der Waals surface area contributed by atoms with E-state index >= 15 is 0 Å². The second-order valence-electron chi connectivity index (χ2n) is 6.32. The number of piperidine rings is 1. The number of ether oxygens (including phenoxy) is 1. The van der Waals surface area contributed by atoms with Crippen LogP contribution in [0.2, 0.25) is 0 Å². The number of carbonyl (C=O) groups is 1. The van der Waals surface area contributed by atoms with Crippen LogP contribution in [0.4, 0.5) is 0 Å². The number of amides is 1. The third-order valence-electron chi connectivity index (χ3n) is 4.21. The van der Waals surface area contributed by atoms with E-state index < -0.39 is 0 Å². The Morgan fingerprint density at radius 1 is 1.46 bits per heavy atom. The quantitative estimate of drug-likeness (QED) is 0.857. The maximum absolute atomic E-state index is 12.7. The Morgan fingerprint density at radius 3 is 3.00 bits per heavy atom. The van der Waals surface area contributed by atoms with Gasteiger partial charge in [0.2, 0.25) is 5.89 Å². The number of pyridine rings is 1. The summed E-state index contributed by atoms with van der Waals surface area (Å²) in [5.74, 6) is 2.17. The van der Waals surface area contributed by atoms with E-state index in [9.17, 15) is 4.79 Å². The van der Waals surface area contributed by atoms with Gasteiger partial charge in [-0.3, -0.25) is 9.78 Å². The van der Waals surface area contributed by atoms with Crippen LogP contribution in [-0.4, -0.2) is 46.1 Å². The zero-order valence-corrected chi connectivity index (χ0v) is 14.2. The summed E-state index contributed by atoms with van der Waals surface area (Å²) in [5, 5.41) is 4.10. The molecule has 24 heavy (non-hydrogen) atoms. The standard InChI is InChI=1S/C17H22N4O3/c1-11(2)16-19-15(20-24-16)12-5-4-8-21(10-12)17(22)14-9-13(23-3)6-7-18-14/h6-7,9,11-12H,4-5,8,10H2,1-3H3. The highest BCUT2D eigenvalue weighted by molar-refractivity contribution is 5.92. The lowest BCUT2D eigenvalue weighted by molar-refractivity contribution is 0.0697. The number of hydrogen-bond donors (Lipinski definition) is 0. The zero-order valence-electron chi connectivity index (χ0n) is 14.2. The summed E-state index contributed by atoms with van der Waals surface area (Å²) in [6.45, 7) is 5.32. The summed E-state index contributed by atoms with van der Waals surface area (Å²) < 4.78 is 10.5. The predicted molar refractivity (Wildman–Crippen MR) is 87.1 cm³/mol. The molecule has 7 nitrogen and oxygen atoms in total. The molecule has 0 aromatic carbocycles. The van der Waals surface area contributed by atoms with E-state index in [1.165, 1.54) is 0 Å². The average Bonchev–Trinajstić information content (AvgIpc) is 3.12. The van der Waals surface area contributed by atoms with E-state index in [2.05, 4.69) is 15.1 Å².